The quantitative estimate of drug-likeness (QED) is 0.825. The minimum atomic E-state index is -0.318. The highest BCUT2D eigenvalue weighted by molar-refractivity contribution is 8.18. The summed E-state index contributed by atoms with van der Waals surface area (Å²) in [5, 5.41) is 2.36. The van der Waals surface area contributed by atoms with Gasteiger partial charge in [-0.2, -0.15) is 0 Å². The zero-order chi connectivity index (χ0) is 15.4. The van der Waals surface area contributed by atoms with E-state index in [9.17, 15) is 14.4 Å². The third-order valence-corrected chi connectivity index (χ3v) is 3.66. The molecule has 1 aliphatic heterocycles. The monoisotopic (exact) mass is 305 g/mol. The Morgan fingerprint density at radius 1 is 1.33 bits per heavy atom. The fraction of sp³-hybridized carbons (Fsp3) is 0.214. The summed E-state index contributed by atoms with van der Waals surface area (Å²) in [6, 6.07) is 7.00. The molecule has 0 radical (unpaired) electrons. The summed E-state index contributed by atoms with van der Waals surface area (Å²) < 4.78 is 0. The van der Waals surface area contributed by atoms with Crippen LogP contribution < -0.4 is 11.1 Å². The summed E-state index contributed by atoms with van der Waals surface area (Å²) in [4.78, 5) is 36.1. The zero-order valence-electron chi connectivity index (χ0n) is 11.5. The van der Waals surface area contributed by atoms with Crippen molar-refractivity contribution in [3.8, 4) is 0 Å². The first kappa shape index (κ1) is 15.3. The van der Waals surface area contributed by atoms with E-state index in [4.69, 9.17) is 5.73 Å². The molecular weight excluding hydrogens is 290 g/mol. The van der Waals surface area contributed by atoms with Gasteiger partial charge in [0.1, 0.15) is 0 Å². The Morgan fingerprint density at radius 2 is 2.00 bits per heavy atom. The second-order valence-corrected chi connectivity index (χ2v) is 5.42. The normalized spacial score (nSPS) is 16.7. The van der Waals surface area contributed by atoms with Gasteiger partial charge in [0.25, 0.3) is 11.1 Å². The summed E-state index contributed by atoms with van der Waals surface area (Å²) in [6.07, 6.45) is 1.65. The van der Waals surface area contributed by atoms with E-state index in [1.165, 1.54) is 6.92 Å². The predicted octanol–water partition coefficient (Wildman–Crippen LogP) is 1.64. The number of nitrogens with two attached hydrogens (primary N) is 1. The first-order chi connectivity index (χ1) is 10.0. The number of hydrogen-bond donors (Lipinski definition) is 2. The van der Waals surface area contributed by atoms with Crippen LogP contribution in [0, 0.1) is 0 Å². The summed E-state index contributed by atoms with van der Waals surface area (Å²) in [6.45, 7) is 1.90. The largest absolute Gasteiger partial charge is 0.329 e. The Morgan fingerprint density at radius 3 is 2.57 bits per heavy atom. The molecule has 0 aromatic heterocycles. The lowest BCUT2D eigenvalue weighted by Gasteiger charge is -2.09. The van der Waals surface area contributed by atoms with Gasteiger partial charge >= 0.3 is 0 Å². The van der Waals surface area contributed by atoms with E-state index in [2.05, 4.69) is 5.32 Å². The first-order valence-electron chi connectivity index (χ1n) is 6.34. The SMILES string of the molecule is CC(=O)Nc1ccc(/C=C2\SC(=O)N(CCN)C2=O)cc1. The Hall–Kier alpha value is -2.12. The average molecular weight is 305 g/mol. The van der Waals surface area contributed by atoms with E-state index >= 15 is 0 Å². The molecule has 110 valence electrons. The number of rotatable bonds is 4. The minimum Gasteiger partial charge on any atom is -0.329 e. The van der Waals surface area contributed by atoms with Crippen LogP contribution in [-0.4, -0.2) is 35.0 Å². The van der Waals surface area contributed by atoms with Crippen LogP contribution in [0.2, 0.25) is 0 Å². The molecule has 3 amide bonds. The van der Waals surface area contributed by atoms with Gasteiger partial charge in [-0.3, -0.25) is 19.3 Å². The highest BCUT2D eigenvalue weighted by atomic mass is 32.2. The second-order valence-electron chi connectivity index (χ2n) is 4.43. The van der Waals surface area contributed by atoms with Gasteiger partial charge in [0.15, 0.2) is 0 Å². The van der Waals surface area contributed by atoms with E-state index < -0.39 is 0 Å². The summed E-state index contributed by atoms with van der Waals surface area (Å²) in [5.74, 6) is -0.466. The number of carbonyl (C=O) groups excluding carboxylic acids is 3. The number of benzene rings is 1. The second kappa shape index (κ2) is 6.55. The van der Waals surface area contributed by atoms with Crippen molar-refractivity contribution in [3.05, 3.63) is 34.7 Å². The molecule has 3 N–H and O–H groups in total. The van der Waals surface area contributed by atoms with Gasteiger partial charge in [0.2, 0.25) is 5.91 Å². The standard InChI is InChI=1S/C14H15N3O3S/c1-9(18)16-11-4-2-10(3-5-11)8-12-13(19)17(7-6-15)14(20)21-12/h2-5,8H,6-7,15H2,1H3,(H,16,18)/b12-8-. The van der Waals surface area contributed by atoms with Crippen molar-refractivity contribution in [2.75, 3.05) is 18.4 Å². The third-order valence-electron chi connectivity index (χ3n) is 2.76. The smallest absolute Gasteiger partial charge is 0.293 e. The molecule has 0 bridgehead atoms. The van der Waals surface area contributed by atoms with Crippen LogP contribution in [0.1, 0.15) is 12.5 Å². The van der Waals surface area contributed by atoms with Crippen molar-refractivity contribution >= 4 is 40.6 Å². The van der Waals surface area contributed by atoms with Crippen molar-refractivity contribution < 1.29 is 14.4 Å². The van der Waals surface area contributed by atoms with Crippen LogP contribution in [-0.2, 0) is 9.59 Å². The highest BCUT2D eigenvalue weighted by Crippen LogP contribution is 2.31. The maximum absolute atomic E-state index is 12.0. The van der Waals surface area contributed by atoms with Crippen LogP contribution >= 0.6 is 11.8 Å². The molecule has 1 fully saturated rings. The number of imide groups is 1. The Bertz CT molecular complexity index is 610. The maximum atomic E-state index is 12.0. The molecule has 1 aromatic carbocycles. The fourth-order valence-electron chi connectivity index (χ4n) is 1.84. The number of hydrogen-bond acceptors (Lipinski definition) is 5. The summed E-state index contributed by atoms with van der Waals surface area (Å²) >= 11 is 0.905. The predicted molar refractivity (Wildman–Crippen MR) is 82.5 cm³/mol. The molecule has 1 heterocycles. The molecule has 0 aliphatic carbocycles. The van der Waals surface area contributed by atoms with Gasteiger partial charge in [0, 0.05) is 25.7 Å². The lowest BCUT2D eigenvalue weighted by atomic mass is 10.2. The van der Waals surface area contributed by atoms with Gasteiger partial charge in [-0.05, 0) is 35.5 Å². The van der Waals surface area contributed by atoms with Crippen LogP contribution in [0.3, 0.4) is 0 Å². The van der Waals surface area contributed by atoms with E-state index in [0.717, 1.165) is 22.2 Å². The molecule has 1 aliphatic rings. The number of nitrogens with one attached hydrogen (secondary N) is 1. The molecule has 0 spiro atoms. The van der Waals surface area contributed by atoms with Crippen LogP contribution in [0.25, 0.3) is 6.08 Å². The topological polar surface area (TPSA) is 92.5 Å². The first-order valence-corrected chi connectivity index (χ1v) is 7.16. The summed E-state index contributed by atoms with van der Waals surface area (Å²) in [5.41, 5.74) is 6.83. The van der Waals surface area contributed by atoms with Crippen molar-refractivity contribution in [1.29, 1.82) is 0 Å². The third kappa shape index (κ3) is 3.71. The molecule has 2 rings (SSSR count). The van der Waals surface area contributed by atoms with Gasteiger partial charge in [-0.1, -0.05) is 12.1 Å². The number of anilines is 1. The molecule has 0 atom stereocenters. The van der Waals surface area contributed by atoms with E-state index in [0.29, 0.717) is 10.6 Å². The van der Waals surface area contributed by atoms with Gasteiger partial charge < -0.3 is 11.1 Å². The Kier molecular flexibility index (Phi) is 4.77. The zero-order valence-corrected chi connectivity index (χ0v) is 12.3. The van der Waals surface area contributed by atoms with Crippen molar-refractivity contribution in [1.82, 2.24) is 4.90 Å². The van der Waals surface area contributed by atoms with Gasteiger partial charge in [-0.25, -0.2) is 0 Å². The Labute approximate surface area is 126 Å². The van der Waals surface area contributed by atoms with Crippen molar-refractivity contribution in [3.63, 3.8) is 0 Å². The van der Waals surface area contributed by atoms with Gasteiger partial charge in [-0.15, -0.1) is 0 Å². The molecule has 1 saturated heterocycles. The van der Waals surface area contributed by atoms with E-state index in [1.807, 2.05) is 0 Å². The fourth-order valence-corrected chi connectivity index (χ4v) is 2.70. The lowest BCUT2D eigenvalue weighted by molar-refractivity contribution is -0.122. The molecule has 21 heavy (non-hydrogen) atoms. The Balaban J connectivity index is 2.15. The highest BCUT2D eigenvalue weighted by Gasteiger charge is 2.34. The molecule has 0 unspecified atom stereocenters. The maximum Gasteiger partial charge on any atom is 0.293 e. The lowest BCUT2D eigenvalue weighted by Crippen LogP contribution is -2.33. The van der Waals surface area contributed by atoms with Crippen molar-refractivity contribution in [2.45, 2.75) is 6.92 Å². The van der Waals surface area contributed by atoms with E-state index in [1.54, 1.807) is 30.3 Å². The molecule has 0 saturated carbocycles. The molecule has 6 nitrogen and oxygen atoms in total. The van der Waals surface area contributed by atoms with Crippen molar-refractivity contribution in [2.24, 2.45) is 5.73 Å². The van der Waals surface area contributed by atoms with Crippen LogP contribution in [0.15, 0.2) is 29.2 Å². The number of nitrogens with zero attached hydrogens (tertiary/aromatic N) is 1. The molecular formula is C14H15N3O3S. The minimum absolute atomic E-state index is 0.148. The molecule has 1 aromatic rings. The van der Waals surface area contributed by atoms with E-state index in [-0.39, 0.29) is 30.1 Å². The summed E-state index contributed by atoms with van der Waals surface area (Å²) in [7, 11) is 0. The van der Waals surface area contributed by atoms with Crippen LogP contribution in [0.4, 0.5) is 10.5 Å². The van der Waals surface area contributed by atoms with Crippen LogP contribution in [0.5, 0.6) is 0 Å². The number of carbonyl (C=O) groups is 3. The van der Waals surface area contributed by atoms with Gasteiger partial charge in [0.05, 0.1) is 4.91 Å². The number of thioether (sulfide) groups is 1. The molecule has 7 heteroatoms. The average Bonchev–Trinajstić information content (AvgIpc) is 2.69. The number of amides is 3.